The summed E-state index contributed by atoms with van der Waals surface area (Å²) in [4.78, 5) is 11.5. The number of carbonyl (C=O) groups is 1. The van der Waals surface area contributed by atoms with Crippen LogP contribution in [0.3, 0.4) is 0 Å². The minimum absolute atomic E-state index is 0.0887. The topological polar surface area (TPSA) is 59.3 Å². The number of esters is 1. The molecule has 0 aliphatic rings. The highest BCUT2D eigenvalue weighted by Crippen LogP contribution is 2.15. The molecule has 1 atom stereocenters. The first kappa shape index (κ1) is 14.0. The van der Waals surface area contributed by atoms with Crippen molar-refractivity contribution >= 4 is 5.97 Å². The van der Waals surface area contributed by atoms with E-state index in [1.165, 1.54) is 6.92 Å². The van der Waals surface area contributed by atoms with Crippen LogP contribution in [0.2, 0.25) is 0 Å². The molecule has 18 heavy (non-hydrogen) atoms. The van der Waals surface area contributed by atoms with Gasteiger partial charge < -0.3 is 9.47 Å². The first-order valence-corrected chi connectivity index (χ1v) is 5.86. The van der Waals surface area contributed by atoms with Gasteiger partial charge in [-0.1, -0.05) is 12.1 Å². The molecule has 0 heterocycles. The average Bonchev–Trinajstić information content (AvgIpc) is 2.28. The zero-order valence-corrected chi connectivity index (χ0v) is 10.8. The molecular formula is C14H17NO3. The molecule has 0 aliphatic carbocycles. The van der Waals surface area contributed by atoms with Gasteiger partial charge in [0.2, 0.25) is 0 Å². The van der Waals surface area contributed by atoms with Crippen LogP contribution < -0.4 is 4.74 Å². The van der Waals surface area contributed by atoms with Gasteiger partial charge in [-0.25, -0.2) is 0 Å². The first-order valence-electron chi connectivity index (χ1n) is 5.86. The second-order valence-corrected chi connectivity index (χ2v) is 4.25. The summed E-state index contributed by atoms with van der Waals surface area (Å²) in [5, 5.41) is 8.55. The van der Waals surface area contributed by atoms with Crippen molar-refractivity contribution in [1.29, 1.82) is 5.26 Å². The van der Waals surface area contributed by atoms with Crippen molar-refractivity contribution in [3.63, 3.8) is 0 Å². The van der Waals surface area contributed by atoms with Crippen molar-refractivity contribution < 1.29 is 14.3 Å². The molecule has 0 fully saturated rings. The van der Waals surface area contributed by atoms with Crippen LogP contribution >= 0.6 is 0 Å². The zero-order chi connectivity index (χ0) is 13.5. The number of nitriles is 1. The van der Waals surface area contributed by atoms with E-state index in [-0.39, 0.29) is 12.5 Å². The standard InChI is InChI=1S/C14H17NO3/c1-10(2)17-13-6-4-5-12(7-13)8-14(16)18-11(3)9-15/h4-7,10-11H,8H2,1-3H3. The Labute approximate surface area is 107 Å². The van der Waals surface area contributed by atoms with Crippen LogP contribution in [0.15, 0.2) is 24.3 Å². The van der Waals surface area contributed by atoms with E-state index in [9.17, 15) is 4.79 Å². The molecule has 0 aromatic heterocycles. The van der Waals surface area contributed by atoms with Crippen LogP contribution in [0.1, 0.15) is 26.3 Å². The molecule has 0 aliphatic heterocycles. The van der Waals surface area contributed by atoms with Gasteiger partial charge in [0.15, 0.2) is 6.10 Å². The lowest BCUT2D eigenvalue weighted by Crippen LogP contribution is -2.15. The van der Waals surface area contributed by atoms with Gasteiger partial charge in [0.05, 0.1) is 12.5 Å². The maximum Gasteiger partial charge on any atom is 0.311 e. The fraction of sp³-hybridized carbons (Fsp3) is 0.429. The van der Waals surface area contributed by atoms with E-state index in [1.54, 1.807) is 6.07 Å². The molecule has 0 spiro atoms. The minimum atomic E-state index is -0.715. The summed E-state index contributed by atoms with van der Waals surface area (Å²) in [6.07, 6.45) is -0.486. The molecule has 0 radical (unpaired) electrons. The fourth-order valence-electron chi connectivity index (χ4n) is 1.43. The van der Waals surface area contributed by atoms with Gasteiger partial charge in [0.1, 0.15) is 11.8 Å². The van der Waals surface area contributed by atoms with Crippen molar-refractivity contribution in [3.8, 4) is 11.8 Å². The smallest absolute Gasteiger partial charge is 0.311 e. The van der Waals surface area contributed by atoms with Crippen LogP contribution in [0.25, 0.3) is 0 Å². The van der Waals surface area contributed by atoms with Gasteiger partial charge in [0, 0.05) is 0 Å². The van der Waals surface area contributed by atoms with Crippen molar-refractivity contribution in [2.75, 3.05) is 0 Å². The van der Waals surface area contributed by atoms with Crippen LogP contribution in [0.4, 0.5) is 0 Å². The number of benzene rings is 1. The summed E-state index contributed by atoms with van der Waals surface area (Å²) < 4.78 is 10.4. The molecule has 1 aromatic carbocycles. The summed E-state index contributed by atoms with van der Waals surface area (Å²) in [5.41, 5.74) is 0.809. The van der Waals surface area contributed by atoms with Gasteiger partial charge in [-0.05, 0) is 38.5 Å². The summed E-state index contributed by atoms with van der Waals surface area (Å²) >= 11 is 0. The third-order valence-electron chi connectivity index (χ3n) is 2.11. The van der Waals surface area contributed by atoms with Crippen molar-refractivity contribution in [1.82, 2.24) is 0 Å². The van der Waals surface area contributed by atoms with E-state index >= 15 is 0 Å². The molecule has 96 valence electrons. The van der Waals surface area contributed by atoms with Crippen LogP contribution in [-0.4, -0.2) is 18.2 Å². The zero-order valence-electron chi connectivity index (χ0n) is 10.8. The Morgan fingerprint density at radius 3 is 2.72 bits per heavy atom. The normalized spacial score (nSPS) is 11.7. The molecular weight excluding hydrogens is 230 g/mol. The van der Waals surface area contributed by atoms with Crippen LogP contribution in [0, 0.1) is 11.3 Å². The molecule has 4 heteroatoms. The summed E-state index contributed by atoms with van der Waals surface area (Å²) in [7, 11) is 0. The van der Waals surface area contributed by atoms with Gasteiger partial charge in [-0.15, -0.1) is 0 Å². The Morgan fingerprint density at radius 2 is 2.11 bits per heavy atom. The molecule has 1 unspecified atom stereocenters. The quantitative estimate of drug-likeness (QED) is 0.750. The molecule has 1 aromatic rings. The molecule has 0 saturated carbocycles. The molecule has 1 rings (SSSR count). The SMILES string of the molecule is CC(C)Oc1cccc(CC(=O)OC(C)C#N)c1. The van der Waals surface area contributed by atoms with E-state index in [0.717, 1.165) is 11.3 Å². The van der Waals surface area contributed by atoms with Crippen molar-refractivity contribution in [2.24, 2.45) is 0 Å². The van der Waals surface area contributed by atoms with Crippen molar-refractivity contribution in [2.45, 2.75) is 39.4 Å². The minimum Gasteiger partial charge on any atom is -0.491 e. The Kier molecular flexibility index (Phi) is 5.19. The van der Waals surface area contributed by atoms with E-state index in [1.807, 2.05) is 38.1 Å². The second kappa shape index (κ2) is 6.65. The predicted molar refractivity (Wildman–Crippen MR) is 67.1 cm³/mol. The Morgan fingerprint density at radius 1 is 1.39 bits per heavy atom. The first-order chi connectivity index (χ1) is 8.51. The lowest BCUT2D eigenvalue weighted by molar-refractivity contribution is -0.145. The number of hydrogen-bond donors (Lipinski definition) is 0. The molecule has 0 saturated heterocycles. The monoisotopic (exact) mass is 247 g/mol. The third-order valence-corrected chi connectivity index (χ3v) is 2.11. The lowest BCUT2D eigenvalue weighted by atomic mass is 10.1. The molecule has 0 bridgehead atoms. The van der Waals surface area contributed by atoms with Gasteiger partial charge in [-0.3, -0.25) is 4.79 Å². The predicted octanol–water partition coefficient (Wildman–Crippen LogP) is 2.47. The van der Waals surface area contributed by atoms with E-state index in [2.05, 4.69) is 0 Å². The number of rotatable bonds is 5. The highest BCUT2D eigenvalue weighted by atomic mass is 16.5. The van der Waals surface area contributed by atoms with E-state index in [4.69, 9.17) is 14.7 Å². The van der Waals surface area contributed by atoms with Crippen LogP contribution in [0.5, 0.6) is 5.75 Å². The lowest BCUT2D eigenvalue weighted by Gasteiger charge is -2.11. The van der Waals surface area contributed by atoms with Gasteiger partial charge in [0.25, 0.3) is 0 Å². The number of carbonyl (C=O) groups excluding carboxylic acids is 1. The molecule has 0 amide bonds. The van der Waals surface area contributed by atoms with Crippen LogP contribution in [-0.2, 0) is 16.0 Å². The summed E-state index contributed by atoms with van der Waals surface area (Å²) in [6, 6.07) is 9.15. The largest absolute Gasteiger partial charge is 0.491 e. The highest BCUT2D eigenvalue weighted by Gasteiger charge is 2.10. The van der Waals surface area contributed by atoms with E-state index in [0.29, 0.717) is 0 Å². The molecule has 0 N–H and O–H groups in total. The molecule has 4 nitrogen and oxygen atoms in total. The summed E-state index contributed by atoms with van der Waals surface area (Å²) in [5.74, 6) is 0.314. The Hall–Kier alpha value is -2.02. The van der Waals surface area contributed by atoms with E-state index < -0.39 is 12.1 Å². The maximum atomic E-state index is 11.5. The fourth-order valence-corrected chi connectivity index (χ4v) is 1.43. The average molecular weight is 247 g/mol. The van der Waals surface area contributed by atoms with Crippen molar-refractivity contribution in [3.05, 3.63) is 29.8 Å². The van der Waals surface area contributed by atoms with Gasteiger partial charge >= 0.3 is 5.97 Å². The highest BCUT2D eigenvalue weighted by molar-refractivity contribution is 5.73. The maximum absolute atomic E-state index is 11.5. The Balaban J connectivity index is 2.62. The summed E-state index contributed by atoms with van der Waals surface area (Å²) in [6.45, 7) is 5.42. The third kappa shape index (κ3) is 4.88. The second-order valence-electron chi connectivity index (χ2n) is 4.25. The van der Waals surface area contributed by atoms with Gasteiger partial charge in [-0.2, -0.15) is 5.26 Å². The number of hydrogen-bond acceptors (Lipinski definition) is 4. The number of ether oxygens (including phenoxy) is 2. The Bertz CT molecular complexity index is 449. The number of nitrogens with zero attached hydrogens (tertiary/aromatic N) is 1.